The number of hydrogen-bond acceptors (Lipinski definition) is 3. The first kappa shape index (κ1) is 20.0. The summed E-state index contributed by atoms with van der Waals surface area (Å²) in [5.41, 5.74) is 3.68. The van der Waals surface area contributed by atoms with Crippen LogP contribution in [0.5, 0.6) is 5.75 Å². The van der Waals surface area contributed by atoms with Crippen LogP contribution in [0.3, 0.4) is 0 Å². The molecule has 0 aromatic heterocycles. The van der Waals surface area contributed by atoms with E-state index in [1.807, 2.05) is 43.3 Å². The van der Waals surface area contributed by atoms with Crippen molar-refractivity contribution in [3.05, 3.63) is 71.8 Å². The summed E-state index contributed by atoms with van der Waals surface area (Å²) < 4.78 is 5.33. The number of nitrogens with zero attached hydrogens (tertiary/aromatic N) is 2. The number of amides is 2. The summed E-state index contributed by atoms with van der Waals surface area (Å²) in [4.78, 5) is 16.6. The van der Waals surface area contributed by atoms with Crippen LogP contribution in [-0.2, 0) is 0 Å². The van der Waals surface area contributed by atoms with Gasteiger partial charge in [-0.25, -0.2) is 4.79 Å². The lowest BCUT2D eigenvalue weighted by Gasteiger charge is -2.29. The van der Waals surface area contributed by atoms with Gasteiger partial charge >= 0.3 is 6.03 Å². The Balaban J connectivity index is 1.59. The molecule has 0 radical (unpaired) electrons. The van der Waals surface area contributed by atoms with E-state index in [-0.39, 0.29) is 12.1 Å². The molecule has 28 heavy (non-hydrogen) atoms. The summed E-state index contributed by atoms with van der Waals surface area (Å²) in [5.74, 6) is 0.824. The second-order valence-electron chi connectivity index (χ2n) is 7.23. The Morgan fingerprint density at radius 3 is 2.61 bits per heavy atom. The molecule has 0 saturated heterocycles. The molecule has 1 heterocycles. The van der Waals surface area contributed by atoms with Crippen LogP contribution >= 0.6 is 0 Å². The van der Waals surface area contributed by atoms with Gasteiger partial charge in [0.1, 0.15) is 5.75 Å². The minimum atomic E-state index is -0.0156. The molecule has 1 aliphatic rings. The summed E-state index contributed by atoms with van der Waals surface area (Å²) >= 11 is 0. The number of carbonyl (C=O) groups excluding carboxylic acids is 1. The van der Waals surface area contributed by atoms with E-state index in [2.05, 4.69) is 46.6 Å². The molecule has 1 N–H and O–H groups in total. The maximum Gasteiger partial charge on any atom is 0.317 e. The van der Waals surface area contributed by atoms with Crippen molar-refractivity contribution >= 4 is 11.6 Å². The highest BCUT2D eigenvalue weighted by Gasteiger charge is 2.20. The fourth-order valence-corrected chi connectivity index (χ4v) is 3.51. The van der Waals surface area contributed by atoms with Gasteiger partial charge in [-0.1, -0.05) is 48.5 Å². The van der Waals surface area contributed by atoms with Crippen molar-refractivity contribution < 1.29 is 9.53 Å². The van der Waals surface area contributed by atoms with Crippen LogP contribution in [0, 0.1) is 0 Å². The number of carbonyl (C=O) groups is 1. The zero-order valence-electron chi connectivity index (χ0n) is 16.9. The van der Waals surface area contributed by atoms with Gasteiger partial charge in [-0.05, 0) is 49.3 Å². The number of ether oxygens (including phenoxy) is 1. The molecular formula is C23H29N3O2. The lowest BCUT2D eigenvalue weighted by Crippen LogP contribution is -2.44. The highest BCUT2D eigenvalue weighted by molar-refractivity contribution is 5.76. The topological polar surface area (TPSA) is 44.8 Å². The first-order chi connectivity index (χ1) is 13.6. The molecule has 0 saturated carbocycles. The number of urea groups is 1. The Kier molecular flexibility index (Phi) is 6.71. The van der Waals surface area contributed by atoms with Crippen molar-refractivity contribution in [2.24, 2.45) is 0 Å². The van der Waals surface area contributed by atoms with Crippen molar-refractivity contribution in [3.8, 4) is 5.75 Å². The number of benzene rings is 2. The number of rotatable bonds is 6. The molecule has 1 unspecified atom stereocenters. The number of methoxy groups -OCH3 is 1. The van der Waals surface area contributed by atoms with Crippen molar-refractivity contribution in [1.82, 2.24) is 15.1 Å². The molecule has 1 aliphatic heterocycles. The lowest BCUT2D eigenvalue weighted by molar-refractivity contribution is 0.197. The third-order valence-electron chi connectivity index (χ3n) is 5.19. The molecule has 2 amide bonds. The van der Waals surface area contributed by atoms with Gasteiger partial charge in [0.2, 0.25) is 0 Å². The lowest BCUT2D eigenvalue weighted by atomic mass is 10.00. The molecule has 0 spiro atoms. The maximum absolute atomic E-state index is 12.7. The van der Waals surface area contributed by atoms with Gasteiger partial charge in [0.25, 0.3) is 0 Å². The third kappa shape index (κ3) is 4.93. The predicted molar refractivity (Wildman–Crippen MR) is 113 cm³/mol. The predicted octanol–water partition coefficient (Wildman–Crippen LogP) is 3.80. The van der Waals surface area contributed by atoms with Crippen LogP contribution in [0.1, 0.15) is 23.6 Å². The highest BCUT2D eigenvalue weighted by Crippen LogP contribution is 2.23. The Bertz CT molecular complexity index is 818. The van der Waals surface area contributed by atoms with Crippen LogP contribution in [-0.4, -0.2) is 56.7 Å². The van der Waals surface area contributed by atoms with E-state index in [0.29, 0.717) is 13.1 Å². The number of likely N-dealkylation sites (N-methyl/N-ethyl adjacent to an activating group) is 1. The zero-order chi connectivity index (χ0) is 19.9. The summed E-state index contributed by atoms with van der Waals surface area (Å²) in [6, 6.07) is 18.4. The fourth-order valence-electron chi connectivity index (χ4n) is 3.51. The van der Waals surface area contributed by atoms with Gasteiger partial charge in [0.15, 0.2) is 0 Å². The molecule has 148 valence electrons. The average molecular weight is 380 g/mol. The summed E-state index contributed by atoms with van der Waals surface area (Å²) in [5, 5.41) is 3.10. The molecule has 1 atom stereocenters. The minimum absolute atomic E-state index is 0.0156. The second kappa shape index (κ2) is 9.42. The molecule has 2 aromatic rings. The second-order valence-corrected chi connectivity index (χ2v) is 7.23. The van der Waals surface area contributed by atoms with E-state index >= 15 is 0 Å². The van der Waals surface area contributed by atoms with E-state index in [1.165, 1.54) is 11.1 Å². The summed E-state index contributed by atoms with van der Waals surface area (Å²) in [6.45, 7) is 1.92. The SMILES string of the molecule is COc1cccc(C(CNC(=O)N2CC=C(c3ccccc3)CC2)N(C)C)c1. The summed E-state index contributed by atoms with van der Waals surface area (Å²) in [6.07, 6.45) is 3.04. The molecule has 2 aromatic carbocycles. The molecular weight excluding hydrogens is 350 g/mol. The van der Waals surface area contributed by atoms with Gasteiger partial charge in [0.05, 0.1) is 13.2 Å². The van der Waals surface area contributed by atoms with Crippen molar-refractivity contribution in [1.29, 1.82) is 0 Å². The van der Waals surface area contributed by atoms with E-state index < -0.39 is 0 Å². The standard InChI is InChI=1S/C23H29N3O2/c1-25(2)22(20-10-7-11-21(16-20)28-3)17-24-23(27)26-14-12-19(13-15-26)18-8-5-4-6-9-18/h4-12,16,22H,13-15,17H2,1-3H3,(H,24,27). The smallest absolute Gasteiger partial charge is 0.317 e. The number of hydrogen-bond donors (Lipinski definition) is 1. The molecule has 5 nitrogen and oxygen atoms in total. The van der Waals surface area contributed by atoms with E-state index in [1.54, 1.807) is 7.11 Å². The Hall–Kier alpha value is -2.79. The maximum atomic E-state index is 12.7. The largest absolute Gasteiger partial charge is 0.497 e. The molecule has 5 heteroatoms. The normalized spacial score (nSPS) is 15.1. The monoisotopic (exact) mass is 379 g/mol. The Morgan fingerprint density at radius 2 is 1.96 bits per heavy atom. The molecule has 3 rings (SSSR count). The highest BCUT2D eigenvalue weighted by atomic mass is 16.5. The quantitative estimate of drug-likeness (QED) is 0.830. The van der Waals surface area contributed by atoms with Crippen LogP contribution in [0.2, 0.25) is 0 Å². The molecule has 0 aliphatic carbocycles. The van der Waals surface area contributed by atoms with Gasteiger partial charge in [-0.2, -0.15) is 0 Å². The Labute approximate surface area is 167 Å². The van der Waals surface area contributed by atoms with Crippen LogP contribution < -0.4 is 10.1 Å². The van der Waals surface area contributed by atoms with E-state index in [4.69, 9.17) is 4.74 Å². The van der Waals surface area contributed by atoms with Gasteiger partial charge in [0, 0.05) is 19.6 Å². The molecule has 0 bridgehead atoms. The zero-order valence-corrected chi connectivity index (χ0v) is 16.9. The fraction of sp³-hybridized carbons (Fsp3) is 0.348. The average Bonchev–Trinajstić information content (AvgIpc) is 2.74. The number of nitrogens with one attached hydrogen (secondary N) is 1. The van der Waals surface area contributed by atoms with Crippen LogP contribution in [0.4, 0.5) is 4.79 Å². The van der Waals surface area contributed by atoms with Gasteiger partial charge in [-0.15, -0.1) is 0 Å². The van der Waals surface area contributed by atoms with Crippen LogP contribution in [0.25, 0.3) is 5.57 Å². The van der Waals surface area contributed by atoms with Crippen molar-refractivity contribution in [2.75, 3.05) is 40.8 Å². The third-order valence-corrected chi connectivity index (χ3v) is 5.19. The minimum Gasteiger partial charge on any atom is -0.497 e. The first-order valence-corrected chi connectivity index (χ1v) is 9.66. The van der Waals surface area contributed by atoms with Crippen LogP contribution in [0.15, 0.2) is 60.7 Å². The van der Waals surface area contributed by atoms with E-state index in [0.717, 1.165) is 24.3 Å². The van der Waals surface area contributed by atoms with Gasteiger partial charge in [-0.3, -0.25) is 0 Å². The Morgan fingerprint density at radius 1 is 1.18 bits per heavy atom. The van der Waals surface area contributed by atoms with Crippen molar-refractivity contribution in [2.45, 2.75) is 12.5 Å². The van der Waals surface area contributed by atoms with Gasteiger partial charge < -0.3 is 19.9 Å². The summed E-state index contributed by atoms with van der Waals surface area (Å²) in [7, 11) is 5.71. The first-order valence-electron chi connectivity index (χ1n) is 9.66. The van der Waals surface area contributed by atoms with E-state index in [9.17, 15) is 4.79 Å². The van der Waals surface area contributed by atoms with Crippen molar-refractivity contribution in [3.63, 3.8) is 0 Å². The molecule has 0 fully saturated rings.